The molecule has 0 radical (unpaired) electrons. The monoisotopic (exact) mass is 546 g/mol. The summed E-state index contributed by atoms with van der Waals surface area (Å²) in [4.78, 5) is 40.1. The minimum Gasteiger partial charge on any atom is -0.365 e. The number of alkyl halides is 2. The van der Waals surface area contributed by atoms with Crippen LogP contribution in [0.15, 0.2) is 18.3 Å². The Morgan fingerprint density at radius 1 is 1.24 bits per heavy atom. The summed E-state index contributed by atoms with van der Waals surface area (Å²) in [6, 6.07) is 2.51. The van der Waals surface area contributed by atoms with Crippen molar-refractivity contribution in [1.82, 2.24) is 24.5 Å². The minimum atomic E-state index is -2.88. The van der Waals surface area contributed by atoms with Crippen molar-refractivity contribution in [3.05, 3.63) is 50.4 Å². The van der Waals surface area contributed by atoms with Gasteiger partial charge in [-0.1, -0.05) is 6.92 Å². The lowest BCUT2D eigenvalue weighted by atomic mass is 10.0. The Labute approximate surface area is 218 Å². The molecular formula is C23H24F2N8O4S. The fraction of sp³-hybridized carbons (Fsp3) is 0.348. The van der Waals surface area contributed by atoms with Crippen molar-refractivity contribution in [1.29, 1.82) is 0 Å². The van der Waals surface area contributed by atoms with E-state index in [0.717, 1.165) is 11.3 Å². The maximum Gasteiger partial charge on any atom is 0.390 e. The second kappa shape index (κ2) is 10.2. The first-order valence-corrected chi connectivity index (χ1v) is 12.3. The molecule has 0 aliphatic carbocycles. The molecule has 15 heteroatoms. The van der Waals surface area contributed by atoms with Crippen molar-refractivity contribution in [2.45, 2.75) is 47.2 Å². The molecule has 200 valence electrons. The summed E-state index contributed by atoms with van der Waals surface area (Å²) < 4.78 is 30.5. The number of nitrogens with zero attached hydrogens (tertiary/aromatic N) is 6. The SMILES string of the molecule is CCn1cc(-c2cc(C(F)F)nc3sc(C(N)=O)c(NC(=O)C(C)Cn4nc([N+](=O)[O-])cc4C)c23)c(C)n1. The fourth-order valence-corrected chi connectivity index (χ4v) is 5.05. The van der Waals surface area contributed by atoms with Crippen molar-refractivity contribution in [2.75, 3.05) is 5.32 Å². The maximum absolute atomic E-state index is 13.7. The van der Waals surface area contributed by atoms with E-state index in [1.165, 1.54) is 16.8 Å². The number of thiophene rings is 1. The molecule has 0 saturated heterocycles. The minimum absolute atomic E-state index is 0.0164. The van der Waals surface area contributed by atoms with Crippen LogP contribution in [-0.4, -0.2) is 41.3 Å². The molecule has 0 saturated carbocycles. The van der Waals surface area contributed by atoms with Gasteiger partial charge in [0, 0.05) is 23.7 Å². The number of pyridine rings is 1. The third kappa shape index (κ3) is 4.96. The number of nitro groups is 1. The second-order valence-electron chi connectivity index (χ2n) is 8.70. The van der Waals surface area contributed by atoms with Gasteiger partial charge < -0.3 is 21.2 Å². The van der Waals surface area contributed by atoms with Gasteiger partial charge in [-0.15, -0.1) is 11.3 Å². The largest absolute Gasteiger partial charge is 0.390 e. The zero-order valence-corrected chi connectivity index (χ0v) is 21.7. The van der Waals surface area contributed by atoms with Gasteiger partial charge in [-0.05, 0) is 37.3 Å². The fourth-order valence-electron chi connectivity index (χ4n) is 4.03. The normalized spacial score (nSPS) is 12.3. The van der Waals surface area contributed by atoms with E-state index in [2.05, 4.69) is 20.5 Å². The van der Waals surface area contributed by atoms with Gasteiger partial charge in [0.25, 0.3) is 12.3 Å². The van der Waals surface area contributed by atoms with E-state index < -0.39 is 34.8 Å². The van der Waals surface area contributed by atoms with E-state index in [-0.39, 0.29) is 27.8 Å². The molecule has 0 aliphatic heterocycles. The average Bonchev–Trinajstić information content (AvgIpc) is 3.53. The number of anilines is 1. The predicted molar refractivity (Wildman–Crippen MR) is 136 cm³/mol. The quantitative estimate of drug-likeness (QED) is 0.234. The van der Waals surface area contributed by atoms with E-state index in [1.807, 2.05) is 6.92 Å². The smallest absolute Gasteiger partial charge is 0.365 e. The van der Waals surface area contributed by atoms with E-state index in [0.29, 0.717) is 34.4 Å². The van der Waals surface area contributed by atoms with Crippen molar-refractivity contribution >= 4 is 44.9 Å². The van der Waals surface area contributed by atoms with Gasteiger partial charge >= 0.3 is 5.82 Å². The molecule has 2 amide bonds. The van der Waals surface area contributed by atoms with Crippen LogP contribution in [0.5, 0.6) is 0 Å². The third-order valence-electron chi connectivity index (χ3n) is 5.99. The highest BCUT2D eigenvalue weighted by atomic mass is 32.1. The highest BCUT2D eigenvalue weighted by Crippen LogP contribution is 2.43. The number of hydrogen-bond donors (Lipinski definition) is 2. The molecule has 38 heavy (non-hydrogen) atoms. The number of rotatable bonds is 9. The van der Waals surface area contributed by atoms with Crippen molar-refractivity contribution in [3.63, 3.8) is 0 Å². The first-order valence-electron chi connectivity index (χ1n) is 11.5. The highest BCUT2D eigenvalue weighted by molar-refractivity contribution is 7.21. The van der Waals surface area contributed by atoms with Crippen molar-refractivity contribution in [2.24, 2.45) is 11.7 Å². The Balaban J connectivity index is 1.81. The van der Waals surface area contributed by atoms with Gasteiger partial charge in [0.05, 0.1) is 40.7 Å². The molecule has 0 aromatic carbocycles. The van der Waals surface area contributed by atoms with Crippen molar-refractivity contribution < 1.29 is 23.3 Å². The molecule has 4 aromatic heterocycles. The van der Waals surface area contributed by atoms with Crippen molar-refractivity contribution in [3.8, 4) is 11.1 Å². The van der Waals surface area contributed by atoms with Crippen LogP contribution in [0.2, 0.25) is 0 Å². The Morgan fingerprint density at radius 3 is 2.50 bits per heavy atom. The molecule has 4 heterocycles. The van der Waals surface area contributed by atoms with Crippen LogP contribution in [0, 0.1) is 29.9 Å². The summed E-state index contributed by atoms with van der Waals surface area (Å²) in [5.74, 6) is -2.48. The van der Waals surface area contributed by atoms with Gasteiger partial charge in [-0.2, -0.15) is 9.78 Å². The first kappa shape index (κ1) is 26.8. The van der Waals surface area contributed by atoms with Crippen LogP contribution < -0.4 is 11.1 Å². The standard InChI is InChI=1S/C23H24F2N8O4S/c1-5-31-9-14(12(4)29-31)13-7-15(20(24)25)27-23-17(13)18(19(38-23)21(26)34)28-22(35)10(2)8-32-11(3)6-16(30-32)33(36)37/h6-7,9-10,20H,5,8H2,1-4H3,(H2,26,34)(H,28,35). The van der Waals surface area contributed by atoms with E-state index >= 15 is 0 Å². The Kier molecular flexibility index (Phi) is 7.22. The molecule has 12 nitrogen and oxygen atoms in total. The molecular weight excluding hydrogens is 522 g/mol. The lowest BCUT2D eigenvalue weighted by Gasteiger charge is -2.14. The number of nitrogens with two attached hydrogens (primary N) is 1. The summed E-state index contributed by atoms with van der Waals surface area (Å²) in [5, 5.41) is 22.3. The van der Waals surface area contributed by atoms with Crippen LogP contribution in [0.25, 0.3) is 21.3 Å². The van der Waals surface area contributed by atoms with Crippen LogP contribution in [0.1, 0.15) is 47.0 Å². The molecule has 0 aliphatic rings. The molecule has 0 bridgehead atoms. The summed E-state index contributed by atoms with van der Waals surface area (Å²) in [6.45, 7) is 7.37. The summed E-state index contributed by atoms with van der Waals surface area (Å²) in [7, 11) is 0. The number of carbonyl (C=O) groups is 2. The lowest BCUT2D eigenvalue weighted by molar-refractivity contribution is -0.389. The molecule has 4 aromatic rings. The number of hydrogen-bond acceptors (Lipinski definition) is 8. The van der Waals surface area contributed by atoms with Gasteiger partial charge in [0.1, 0.15) is 15.4 Å². The van der Waals surface area contributed by atoms with Crippen LogP contribution in [0.3, 0.4) is 0 Å². The molecule has 0 fully saturated rings. The summed E-state index contributed by atoms with van der Waals surface area (Å²) in [5.41, 5.74) is 7.09. The van der Waals surface area contributed by atoms with Gasteiger partial charge in [0.2, 0.25) is 5.91 Å². The Hall–Kier alpha value is -4.27. The summed E-state index contributed by atoms with van der Waals surface area (Å²) in [6.07, 6.45) is -1.18. The van der Waals surface area contributed by atoms with E-state index in [4.69, 9.17) is 5.73 Å². The number of primary amides is 1. The van der Waals surface area contributed by atoms with Crippen LogP contribution in [0.4, 0.5) is 20.3 Å². The zero-order valence-electron chi connectivity index (χ0n) is 20.9. The lowest BCUT2D eigenvalue weighted by Crippen LogP contribution is -2.26. The van der Waals surface area contributed by atoms with Crippen LogP contribution >= 0.6 is 11.3 Å². The number of aryl methyl sites for hydroxylation is 3. The zero-order chi connectivity index (χ0) is 27.9. The number of carbonyl (C=O) groups excluding carboxylic acids is 2. The van der Waals surface area contributed by atoms with Gasteiger partial charge in [0.15, 0.2) is 0 Å². The Bertz CT molecular complexity index is 1580. The predicted octanol–water partition coefficient (Wildman–Crippen LogP) is 4.21. The van der Waals surface area contributed by atoms with E-state index in [9.17, 15) is 28.5 Å². The average molecular weight is 547 g/mol. The third-order valence-corrected chi connectivity index (χ3v) is 7.09. The maximum atomic E-state index is 13.7. The number of nitrogens with one attached hydrogen (secondary N) is 1. The second-order valence-corrected chi connectivity index (χ2v) is 9.70. The molecule has 3 N–H and O–H groups in total. The van der Waals surface area contributed by atoms with Gasteiger partial charge in [-0.25, -0.2) is 13.8 Å². The number of aromatic nitrogens is 5. The number of halogens is 2. The Morgan fingerprint density at radius 2 is 1.95 bits per heavy atom. The molecule has 4 rings (SSSR count). The van der Waals surface area contributed by atoms with Gasteiger partial charge in [-0.3, -0.25) is 14.3 Å². The summed E-state index contributed by atoms with van der Waals surface area (Å²) >= 11 is 0.804. The molecule has 1 atom stereocenters. The highest BCUT2D eigenvalue weighted by Gasteiger charge is 2.28. The van der Waals surface area contributed by atoms with E-state index in [1.54, 1.807) is 31.6 Å². The number of fused-ring (bicyclic) bond motifs is 1. The first-order chi connectivity index (χ1) is 17.9. The number of amides is 2. The molecule has 0 spiro atoms. The van der Waals surface area contributed by atoms with Crippen LogP contribution in [-0.2, 0) is 17.9 Å². The topological polar surface area (TPSA) is 164 Å². The molecule has 1 unspecified atom stereocenters.